The van der Waals surface area contributed by atoms with E-state index in [0.717, 1.165) is 5.56 Å². The monoisotopic (exact) mass is 444 g/mol. The highest BCUT2D eigenvalue weighted by Gasteiger charge is 2.26. The highest BCUT2D eigenvalue weighted by Crippen LogP contribution is 2.18. The van der Waals surface area contributed by atoms with Crippen LogP contribution in [0.3, 0.4) is 0 Å². The molecule has 1 aliphatic rings. The Hall–Kier alpha value is -3.13. The average molecular weight is 445 g/mol. The van der Waals surface area contributed by atoms with Crippen molar-refractivity contribution in [3.63, 3.8) is 0 Å². The third-order valence-electron chi connectivity index (χ3n) is 5.38. The van der Waals surface area contributed by atoms with Gasteiger partial charge in [-0.1, -0.05) is 23.7 Å². The van der Waals surface area contributed by atoms with Gasteiger partial charge in [0.25, 0.3) is 11.5 Å². The van der Waals surface area contributed by atoms with Gasteiger partial charge in [-0.05, 0) is 48.6 Å². The number of halogens is 1. The zero-order chi connectivity index (χ0) is 22.4. The molecule has 164 valence electrons. The van der Waals surface area contributed by atoms with Crippen LogP contribution in [0.4, 0.5) is 0 Å². The van der Waals surface area contributed by atoms with Crippen LogP contribution in [0.5, 0.6) is 0 Å². The number of pyridine rings is 1. The van der Waals surface area contributed by atoms with Gasteiger partial charge in [-0.2, -0.15) is 0 Å². The van der Waals surface area contributed by atoms with E-state index in [-0.39, 0.29) is 29.5 Å². The molecule has 2 aromatic rings. The number of nitrogens with zero attached hydrogens (tertiary/aromatic N) is 2. The molecule has 1 aliphatic heterocycles. The first kappa shape index (κ1) is 22.6. The van der Waals surface area contributed by atoms with Gasteiger partial charge in [0.15, 0.2) is 0 Å². The van der Waals surface area contributed by atoms with Gasteiger partial charge in [0.05, 0.1) is 0 Å². The Morgan fingerprint density at radius 3 is 2.35 bits per heavy atom. The lowest BCUT2D eigenvalue weighted by Crippen LogP contribution is -2.45. The average Bonchev–Trinajstić information content (AvgIpc) is 2.78. The quantitative estimate of drug-likeness (QED) is 0.679. The minimum absolute atomic E-state index is 0.161. The van der Waals surface area contributed by atoms with Gasteiger partial charge in [-0.15, -0.1) is 0 Å². The molecule has 0 radical (unpaired) electrons. The lowest BCUT2D eigenvalue weighted by Gasteiger charge is -2.32. The molecule has 9 heteroatoms. The number of aromatic nitrogens is 1. The van der Waals surface area contributed by atoms with Crippen LogP contribution < -0.4 is 16.2 Å². The van der Waals surface area contributed by atoms with E-state index in [1.165, 1.54) is 4.57 Å². The second-order valence-corrected chi connectivity index (χ2v) is 8.03. The SMILES string of the molecule is Cn1cccc(C(=O)N2CCC(CNC(=O)C(=O)NCc3ccc(Cl)cc3)CC2)c1=O. The number of likely N-dealkylation sites (tertiary alicyclic amines) is 1. The van der Waals surface area contributed by atoms with E-state index < -0.39 is 11.8 Å². The molecule has 8 nitrogen and oxygen atoms in total. The van der Waals surface area contributed by atoms with Crippen molar-refractivity contribution in [2.75, 3.05) is 19.6 Å². The Kier molecular flexibility index (Phi) is 7.46. The van der Waals surface area contributed by atoms with Crippen molar-refractivity contribution >= 4 is 29.3 Å². The zero-order valence-corrected chi connectivity index (χ0v) is 18.0. The predicted octanol–water partition coefficient (Wildman–Crippen LogP) is 1.32. The van der Waals surface area contributed by atoms with Gasteiger partial charge in [0.1, 0.15) is 5.56 Å². The number of hydrogen-bond acceptors (Lipinski definition) is 4. The Morgan fingerprint density at radius 2 is 1.68 bits per heavy atom. The first-order chi connectivity index (χ1) is 14.8. The van der Waals surface area contributed by atoms with Crippen molar-refractivity contribution < 1.29 is 14.4 Å². The van der Waals surface area contributed by atoms with Crippen LogP contribution in [0.2, 0.25) is 5.02 Å². The maximum absolute atomic E-state index is 12.6. The smallest absolute Gasteiger partial charge is 0.309 e. The number of rotatable bonds is 5. The normalized spacial score (nSPS) is 14.2. The van der Waals surface area contributed by atoms with Crippen LogP contribution >= 0.6 is 11.6 Å². The molecule has 0 spiro atoms. The molecule has 0 unspecified atom stereocenters. The molecule has 1 aromatic carbocycles. The van der Waals surface area contributed by atoms with Crippen LogP contribution in [-0.4, -0.2) is 46.8 Å². The highest BCUT2D eigenvalue weighted by atomic mass is 35.5. The number of carbonyl (C=O) groups excluding carboxylic acids is 3. The third-order valence-corrected chi connectivity index (χ3v) is 5.63. The van der Waals surface area contributed by atoms with Gasteiger partial charge in [0, 0.05) is 44.4 Å². The lowest BCUT2D eigenvalue weighted by molar-refractivity contribution is -0.139. The Balaban J connectivity index is 1.41. The summed E-state index contributed by atoms with van der Waals surface area (Å²) in [6.07, 6.45) is 2.98. The fourth-order valence-corrected chi connectivity index (χ4v) is 3.58. The Labute approximate surface area is 185 Å². The van der Waals surface area contributed by atoms with Crippen LogP contribution in [0.15, 0.2) is 47.4 Å². The van der Waals surface area contributed by atoms with Crippen LogP contribution in [-0.2, 0) is 23.2 Å². The molecular formula is C22H25ClN4O4. The minimum Gasteiger partial charge on any atom is -0.348 e. The van der Waals surface area contributed by atoms with Crippen molar-refractivity contribution in [2.24, 2.45) is 13.0 Å². The molecule has 0 bridgehead atoms. The van der Waals surface area contributed by atoms with Gasteiger partial charge < -0.3 is 20.1 Å². The van der Waals surface area contributed by atoms with Gasteiger partial charge in [-0.3, -0.25) is 19.2 Å². The van der Waals surface area contributed by atoms with Gasteiger partial charge >= 0.3 is 11.8 Å². The van der Waals surface area contributed by atoms with Crippen LogP contribution in [0.25, 0.3) is 0 Å². The molecule has 0 saturated carbocycles. The molecule has 1 saturated heterocycles. The van der Waals surface area contributed by atoms with Crippen molar-refractivity contribution in [1.82, 2.24) is 20.1 Å². The number of nitrogens with one attached hydrogen (secondary N) is 2. The molecule has 3 rings (SSSR count). The Bertz CT molecular complexity index is 1010. The summed E-state index contributed by atoms with van der Waals surface area (Å²) in [5.74, 6) is -1.48. The summed E-state index contributed by atoms with van der Waals surface area (Å²) in [7, 11) is 1.61. The first-order valence-electron chi connectivity index (χ1n) is 10.1. The topological polar surface area (TPSA) is 101 Å². The van der Waals surface area contributed by atoms with E-state index in [9.17, 15) is 19.2 Å². The van der Waals surface area contributed by atoms with E-state index in [2.05, 4.69) is 10.6 Å². The number of piperidine rings is 1. The standard InChI is InChI=1S/C22H25ClN4O4/c1-26-10-2-3-18(21(26)30)22(31)27-11-8-16(9-12-27)14-25-20(29)19(28)24-13-15-4-6-17(23)7-5-15/h2-7,10,16H,8-9,11-14H2,1H3,(H,24,28)(H,25,29). The summed E-state index contributed by atoms with van der Waals surface area (Å²) in [6, 6.07) is 10.2. The molecule has 31 heavy (non-hydrogen) atoms. The highest BCUT2D eigenvalue weighted by molar-refractivity contribution is 6.35. The maximum Gasteiger partial charge on any atom is 0.309 e. The molecule has 2 heterocycles. The number of hydrogen-bond donors (Lipinski definition) is 2. The van der Waals surface area contributed by atoms with Crippen molar-refractivity contribution in [1.29, 1.82) is 0 Å². The number of carbonyl (C=O) groups is 3. The summed E-state index contributed by atoms with van der Waals surface area (Å²) >= 11 is 5.82. The third kappa shape index (κ3) is 5.95. The Morgan fingerprint density at radius 1 is 1.03 bits per heavy atom. The second kappa shape index (κ2) is 10.3. The molecule has 2 N–H and O–H groups in total. The second-order valence-electron chi connectivity index (χ2n) is 7.59. The summed E-state index contributed by atoms with van der Waals surface area (Å²) in [4.78, 5) is 50.4. The molecule has 1 fully saturated rings. The molecular weight excluding hydrogens is 420 g/mol. The summed E-state index contributed by atoms with van der Waals surface area (Å²) in [5, 5.41) is 5.84. The summed E-state index contributed by atoms with van der Waals surface area (Å²) in [6.45, 7) is 1.60. The molecule has 0 aliphatic carbocycles. The van der Waals surface area contributed by atoms with E-state index in [4.69, 9.17) is 11.6 Å². The lowest BCUT2D eigenvalue weighted by atomic mass is 9.96. The number of aryl methyl sites for hydroxylation is 1. The maximum atomic E-state index is 12.6. The zero-order valence-electron chi connectivity index (χ0n) is 17.3. The number of benzene rings is 1. The van der Waals surface area contributed by atoms with Crippen molar-refractivity contribution in [3.8, 4) is 0 Å². The molecule has 3 amide bonds. The van der Waals surface area contributed by atoms with Crippen molar-refractivity contribution in [2.45, 2.75) is 19.4 Å². The van der Waals surface area contributed by atoms with E-state index in [1.54, 1.807) is 54.5 Å². The fraction of sp³-hybridized carbons (Fsp3) is 0.364. The van der Waals surface area contributed by atoms with Crippen LogP contribution in [0, 0.1) is 5.92 Å². The van der Waals surface area contributed by atoms with Gasteiger partial charge in [-0.25, -0.2) is 0 Å². The number of amides is 3. The summed E-state index contributed by atoms with van der Waals surface area (Å²) < 4.78 is 1.38. The molecule has 0 atom stereocenters. The van der Waals surface area contributed by atoms with Gasteiger partial charge in [0.2, 0.25) is 0 Å². The largest absolute Gasteiger partial charge is 0.348 e. The van der Waals surface area contributed by atoms with E-state index in [0.29, 0.717) is 37.5 Å². The molecule has 1 aromatic heterocycles. The minimum atomic E-state index is -0.692. The van der Waals surface area contributed by atoms with Crippen molar-refractivity contribution in [3.05, 3.63) is 69.1 Å². The van der Waals surface area contributed by atoms with Crippen LogP contribution in [0.1, 0.15) is 28.8 Å². The van der Waals surface area contributed by atoms with E-state index >= 15 is 0 Å². The predicted molar refractivity (Wildman–Crippen MR) is 117 cm³/mol. The van der Waals surface area contributed by atoms with E-state index in [1.807, 2.05) is 0 Å². The summed E-state index contributed by atoms with van der Waals surface area (Å²) in [5.41, 5.74) is 0.691. The first-order valence-corrected chi connectivity index (χ1v) is 10.5. The fourth-order valence-electron chi connectivity index (χ4n) is 3.45.